The largest absolute Gasteiger partial charge is 0.756 e. The second-order valence-electron chi connectivity index (χ2n) is 24.7. The van der Waals surface area contributed by atoms with E-state index >= 15 is 0 Å². The van der Waals surface area contributed by atoms with Crippen molar-refractivity contribution >= 4 is 19.7 Å². The Morgan fingerprint density at radius 2 is 0.744 bits per heavy atom. The third-order valence-corrected chi connectivity index (χ3v) is 16.6. The molecule has 0 fully saturated rings. The van der Waals surface area contributed by atoms with Crippen molar-refractivity contribution in [2.24, 2.45) is 0 Å². The lowest BCUT2D eigenvalue weighted by atomic mass is 10.0. The highest BCUT2D eigenvalue weighted by molar-refractivity contribution is 7.45. The number of hydrogen-bond donors (Lipinski definition) is 1. The van der Waals surface area contributed by atoms with Crippen LogP contribution in [-0.4, -0.2) is 69.4 Å². The molecule has 462 valence electrons. The summed E-state index contributed by atoms with van der Waals surface area (Å²) in [6.07, 6.45) is 70.1. The van der Waals surface area contributed by atoms with E-state index in [9.17, 15) is 19.0 Å². The summed E-state index contributed by atoms with van der Waals surface area (Å²) in [6.45, 7) is 6.90. The molecule has 9 nitrogen and oxygen atoms in total. The van der Waals surface area contributed by atoms with Crippen molar-refractivity contribution in [3.05, 3.63) is 24.3 Å². The fourth-order valence-electron chi connectivity index (χ4n) is 10.3. The summed E-state index contributed by atoms with van der Waals surface area (Å²) >= 11 is 0. The number of phosphoric acid groups is 1. The minimum atomic E-state index is -4.70. The first-order valence-electron chi connectivity index (χ1n) is 34.1. The molecule has 3 atom stereocenters. The number of carbonyl (C=O) groups is 2. The standard InChI is InChI=1S/C68H133N2O7P/c1-7-10-13-16-19-22-25-28-30-32-34-35-37-39-41-43-46-49-52-55-58-61-68(72)77-66(59-56-53-50-47-44-27-24-21-18-15-12-9-3)65(64-76-78(73,74)75-63-62-70(4,5)6)69-67(71)60-57-54-51-48-45-42-40-38-36-33-31-29-26-23-20-17-14-11-8-2/h29,31,56,59,65-66H,7-28,30,32-55,57-58,60-64H2,1-6H3,(H-,69,71,73,74)/b31-29+,59-56+. The van der Waals surface area contributed by atoms with Crippen molar-refractivity contribution in [2.45, 2.75) is 360 Å². The molecule has 0 aliphatic rings. The molecule has 1 amide bonds. The van der Waals surface area contributed by atoms with Gasteiger partial charge in [-0.05, 0) is 57.4 Å². The van der Waals surface area contributed by atoms with Crippen molar-refractivity contribution in [3.63, 3.8) is 0 Å². The van der Waals surface area contributed by atoms with E-state index in [-0.39, 0.29) is 31.5 Å². The van der Waals surface area contributed by atoms with Crippen LogP contribution in [0.3, 0.4) is 0 Å². The normalized spacial score (nSPS) is 13.7. The van der Waals surface area contributed by atoms with Crippen LogP contribution in [0.4, 0.5) is 0 Å². The molecule has 10 heteroatoms. The third-order valence-electron chi connectivity index (χ3n) is 15.6. The molecule has 78 heavy (non-hydrogen) atoms. The Labute approximate surface area is 485 Å². The molecule has 0 aromatic carbocycles. The number of hydrogen-bond acceptors (Lipinski definition) is 7. The number of quaternary nitrogens is 1. The highest BCUT2D eigenvalue weighted by Crippen LogP contribution is 2.38. The summed E-state index contributed by atoms with van der Waals surface area (Å²) in [6, 6.07) is -0.884. The quantitative estimate of drug-likeness (QED) is 0.0212. The molecule has 3 unspecified atom stereocenters. The molecule has 0 saturated carbocycles. The molecule has 0 heterocycles. The molecule has 0 saturated heterocycles. The Balaban J connectivity index is 5.11. The van der Waals surface area contributed by atoms with Crippen LogP contribution in [0.5, 0.6) is 0 Å². The molecule has 0 aromatic rings. The van der Waals surface area contributed by atoms with Gasteiger partial charge in [0.25, 0.3) is 7.82 Å². The average molecular weight is 1120 g/mol. The van der Waals surface area contributed by atoms with Crippen LogP contribution in [0.15, 0.2) is 24.3 Å². The van der Waals surface area contributed by atoms with E-state index in [4.69, 9.17) is 13.8 Å². The summed E-state index contributed by atoms with van der Waals surface area (Å²) in [7, 11) is 1.20. The van der Waals surface area contributed by atoms with E-state index in [0.717, 1.165) is 57.8 Å². The predicted molar refractivity (Wildman–Crippen MR) is 335 cm³/mol. The summed E-state index contributed by atoms with van der Waals surface area (Å²) in [5.74, 6) is -0.523. The average Bonchev–Trinajstić information content (AvgIpc) is 3.40. The van der Waals surface area contributed by atoms with Gasteiger partial charge in [-0.3, -0.25) is 14.2 Å². The van der Waals surface area contributed by atoms with Crippen LogP contribution in [0.1, 0.15) is 348 Å². The smallest absolute Gasteiger partial charge is 0.306 e. The van der Waals surface area contributed by atoms with Gasteiger partial charge in [-0.25, -0.2) is 0 Å². The Hall–Kier alpha value is -1.51. The number of ether oxygens (including phenoxy) is 1. The van der Waals surface area contributed by atoms with Crippen LogP contribution in [0.25, 0.3) is 0 Å². The maximum atomic E-state index is 13.6. The zero-order chi connectivity index (χ0) is 57.2. The summed E-state index contributed by atoms with van der Waals surface area (Å²) in [5.41, 5.74) is 0. The number of amides is 1. The fourth-order valence-corrected chi connectivity index (χ4v) is 11.1. The second-order valence-corrected chi connectivity index (χ2v) is 26.1. The lowest BCUT2D eigenvalue weighted by molar-refractivity contribution is -0.870. The topological polar surface area (TPSA) is 114 Å². The molecule has 0 bridgehead atoms. The fraction of sp³-hybridized carbons (Fsp3) is 0.912. The van der Waals surface area contributed by atoms with Crippen LogP contribution < -0.4 is 10.2 Å². The Morgan fingerprint density at radius 3 is 1.09 bits per heavy atom. The zero-order valence-corrected chi connectivity index (χ0v) is 53.8. The Bertz CT molecular complexity index is 1380. The van der Waals surface area contributed by atoms with Crippen molar-refractivity contribution in [1.29, 1.82) is 0 Å². The number of nitrogens with one attached hydrogen (secondary N) is 1. The van der Waals surface area contributed by atoms with Crippen LogP contribution in [-0.2, 0) is 27.9 Å². The number of nitrogens with zero attached hydrogens (tertiary/aromatic N) is 1. The van der Waals surface area contributed by atoms with Crippen molar-refractivity contribution in [1.82, 2.24) is 5.32 Å². The molecule has 0 spiro atoms. The molecule has 0 aromatic heterocycles. The molecule has 0 aliphatic carbocycles. The maximum Gasteiger partial charge on any atom is 0.306 e. The highest BCUT2D eigenvalue weighted by Gasteiger charge is 2.27. The summed E-state index contributed by atoms with van der Waals surface area (Å²) in [4.78, 5) is 40.1. The number of likely N-dealkylation sites (N-methyl/N-ethyl adjacent to an activating group) is 1. The van der Waals surface area contributed by atoms with E-state index in [0.29, 0.717) is 17.4 Å². The predicted octanol–water partition coefficient (Wildman–Crippen LogP) is 20.7. The molecule has 1 N–H and O–H groups in total. The Kier molecular flexibility index (Phi) is 57.5. The van der Waals surface area contributed by atoms with Gasteiger partial charge >= 0.3 is 5.97 Å². The van der Waals surface area contributed by atoms with Crippen molar-refractivity contribution in [2.75, 3.05) is 40.9 Å². The van der Waals surface area contributed by atoms with Gasteiger partial charge in [-0.1, -0.05) is 302 Å². The molecular formula is C68H133N2O7P. The number of allylic oxidation sites excluding steroid dienone is 3. The SMILES string of the molecule is CCCCCCCC/C=C/CCCCCCCCCCCC(=O)NC(COP(=O)([O-])OCC[N+](C)(C)C)C(/C=C/CCCCCCCCCCCC)OC(=O)CCCCCCCCCCCCCCCCCCCCCCC. The summed E-state index contributed by atoms with van der Waals surface area (Å²) < 4.78 is 30.4. The number of phosphoric ester groups is 1. The number of rotatable bonds is 63. The third kappa shape index (κ3) is 59.1. The van der Waals surface area contributed by atoms with Crippen molar-refractivity contribution < 1.29 is 37.3 Å². The molecule has 0 radical (unpaired) electrons. The van der Waals surface area contributed by atoms with Gasteiger partial charge in [-0.15, -0.1) is 0 Å². The first-order chi connectivity index (χ1) is 37.9. The van der Waals surface area contributed by atoms with Crippen LogP contribution in [0, 0.1) is 0 Å². The van der Waals surface area contributed by atoms with Gasteiger partial charge in [0.2, 0.25) is 5.91 Å². The maximum absolute atomic E-state index is 13.6. The van der Waals surface area contributed by atoms with E-state index in [1.807, 2.05) is 33.3 Å². The lowest BCUT2D eigenvalue weighted by Gasteiger charge is -2.30. The van der Waals surface area contributed by atoms with Gasteiger partial charge in [0, 0.05) is 12.8 Å². The first-order valence-corrected chi connectivity index (χ1v) is 35.6. The number of carbonyl (C=O) groups excluding carboxylic acids is 2. The van der Waals surface area contributed by atoms with E-state index in [1.165, 1.54) is 257 Å². The van der Waals surface area contributed by atoms with Crippen LogP contribution >= 0.6 is 7.82 Å². The van der Waals surface area contributed by atoms with Gasteiger partial charge < -0.3 is 28.5 Å². The van der Waals surface area contributed by atoms with Crippen molar-refractivity contribution in [3.8, 4) is 0 Å². The van der Waals surface area contributed by atoms with E-state index < -0.39 is 20.0 Å². The first kappa shape index (κ1) is 76.5. The minimum Gasteiger partial charge on any atom is -0.756 e. The lowest BCUT2D eigenvalue weighted by Crippen LogP contribution is -2.47. The van der Waals surface area contributed by atoms with E-state index in [2.05, 4.69) is 38.2 Å². The zero-order valence-electron chi connectivity index (χ0n) is 52.9. The minimum absolute atomic E-state index is 0.0189. The molecule has 0 rings (SSSR count). The number of unbranched alkanes of at least 4 members (excludes halogenated alkanes) is 45. The van der Waals surface area contributed by atoms with Gasteiger partial charge in [0.05, 0.1) is 33.8 Å². The van der Waals surface area contributed by atoms with Gasteiger partial charge in [0.15, 0.2) is 0 Å². The molecular weight excluding hydrogens is 988 g/mol. The summed E-state index contributed by atoms with van der Waals surface area (Å²) in [5, 5.41) is 3.04. The Morgan fingerprint density at radius 1 is 0.436 bits per heavy atom. The monoisotopic (exact) mass is 1120 g/mol. The van der Waals surface area contributed by atoms with Crippen LogP contribution in [0.2, 0.25) is 0 Å². The van der Waals surface area contributed by atoms with E-state index in [1.54, 1.807) is 0 Å². The molecule has 0 aliphatic heterocycles. The highest BCUT2D eigenvalue weighted by atomic mass is 31.2. The van der Waals surface area contributed by atoms with Gasteiger partial charge in [0.1, 0.15) is 19.3 Å². The number of esters is 1. The second kappa shape index (κ2) is 58.7. The van der Waals surface area contributed by atoms with Gasteiger partial charge in [-0.2, -0.15) is 0 Å².